The van der Waals surface area contributed by atoms with Crippen LogP contribution in [0.15, 0.2) is 30.3 Å². The van der Waals surface area contributed by atoms with Gasteiger partial charge in [-0.15, -0.1) is 0 Å². The lowest BCUT2D eigenvalue weighted by Gasteiger charge is -2.27. The summed E-state index contributed by atoms with van der Waals surface area (Å²) in [6.07, 6.45) is 0. The van der Waals surface area contributed by atoms with Crippen molar-refractivity contribution in [3.63, 3.8) is 0 Å². The predicted octanol–water partition coefficient (Wildman–Crippen LogP) is -0.870. The smallest absolute Gasteiger partial charge is 0.311 e. The van der Waals surface area contributed by atoms with Gasteiger partial charge in [-0.25, -0.2) is 4.99 Å². The fraction of sp³-hybridized carbons (Fsp3) is 0.438. The molecule has 1 saturated heterocycles. The first-order valence-corrected chi connectivity index (χ1v) is 7.13. The summed E-state index contributed by atoms with van der Waals surface area (Å²) in [6, 6.07) is 14.1. The van der Waals surface area contributed by atoms with Gasteiger partial charge in [-0.2, -0.15) is 10.5 Å². The van der Waals surface area contributed by atoms with E-state index in [9.17, 15) is 10.5 Å². The second-order valence-corrected chi connectivity index (χ2v) is 6.07. The van der Waals surface area contributed by atoms with E-state index in [0.717, 1.165) is 5.56 Å². The maximum absolute atomic E-state index is 10.0. The summed E-state index contributed by atoms with van der Waals surface area (Å²) in [7, 11) is 0. The van der Waals surface area contributed by atoms with Crippen molar-refractivity contribution in [1.29, 1.82) is 10.5 Å². The zero-order valence-electron chi connectivity index (χ0n) is 12.1. The minimum atomic E-state index is -1.36. The Kier molecular flexibility index (Phi) is 2.21. The summed E-state index contributed by atoms with van der Waals surface area (Å²) in [4.78, 5) is 2.94. The third kappa shape index (κ3) is 0.945. The van der Waals surface area contributed by atoms with Gasteiger partial charge in [0.2, 0.25) is 0 Å². The van der Waals surface area contributed by atoms with Gasteiger partial charge < -0.3 is 9.47 Å². The van der Waals surface area contributed by atoms with Crippen LogP contribution in [0.2, 0.25) is 0 Å². The quantitative estimate of drug-likeness (QED) is 0.700. The Morgan fingerprint density at radius 2 is 1.77 bits per heavy atom. The Morgan fingerprint density at radius 1 is 1.14 bits per heavy atom. The number of ether oxygens (including phenoxy) is 2. The van der Waals surface area contributed by atoms with Crippen LogP contribution < -0.4 is 10.7 Å². The molecule has 1 saturated carbocycles. The van der Waals surface area contributed by atoms with Gasteiger partial charge in [0.05, 0.1) is 30.8 Å². The van der Waals surface area contributed by atoms with Crippen molar-refractivity contribution in [3.05, 3.63) is 35.9 Å². The maximum atomic E-state index is 10.0. The molecule has 22 heavy (non-hydrogen) atoms. The van der Waals surface area contributed by atoms with E-state index in [1.807, 2.05) is 37.3 Å². The molecule has 1 spiro atoms. The van der Waals surface area contributed by atoms with Crippen molar-refractivity contribution in [1.82, 2.24) is 0 Å². The Hall–Kier alpha value is -2.41. The summed E-state index contributed by atoms with van der Waals surface area (Å²) < 4.78 is 11.5. The molecule has 2 fully saturated rings. The minimum Gasteiger partial charge on any atom is -0.311 e. The topological polar surface area (TPSA) is 106 Å². The Bertz CT molecular complexity index is 772. The van der Waals surface area contributed by atoms with Crippen LogP contribution in [0.1, 0.15) is 12.5 Å². The number of amidine groups is 1. The van der Waals surface area contributed by atoms with Crippen LogP contribution in [0.3, 0.4) is 0 Å². The molecule has 6 heteroatoms. The number of hydrogen-bond acceptors (Lipinski definition) is 5. The molecule has 2 heterocycles. The molecule has 0 radical (unpaired) electrons. The van der Waals surface area contributed by atoms with Gasteiger partial charge in [0.1, 0.15) is 0 Å². The van der Waals surface area contributed by atoms with Crippen molar-refractivity contribution >= 4 is 5.84 Å². The number of nitrogens with zero attached hydrogens (tertiary/aromatic N) is 2. The SMILES string of the molecule is C[C@@]1(c2ccccc2)[C@]2(C#N)C(N)=[NH+]C3(OCCO3)[C@@]21C#N. The van der Waals surface area contributed by atoms with Gasteiger partial charge in [-0.1, -0.05) is 37.3 Å². The van der Waals surface area contributed by atoms with Crippen molar-refractivity contribution < 1.29 is 14.5 Å². The highest BCUT2D eigenvalue weighted by Gasteiger charge is 3.03. The van der Waals surface area contributed by atoms with E-state index < -0.39 is 22.2 Å². The van der Waals surface area contributed by atoms with Crippen molar-refractivity contribution in [3.8, 4) is 12.1 Å². The van der Waals surface area contributed by atoms with Crippen molar-refractivity contribution in [2.75, 3.05) is 13.2 Å². The van der Waals surface area contributed by atoms with Gasteiger partial charge in [0.25, 0.3) is 5.84 Å². The van der Waals surface area contributed by atoms with Crippen LogP contribution in [0.25, 0.3) is 0 Å². The summed E-state index contributed by atoms with van der Waals surface area (Å²) in [5, 5.41) is 20.0. The van der Waals surface area contributed by atoms with Gasteiger partial charge in [0.15, 0.2) is 10.8 Å². The molecule has 6 nitrogen and oxygen atoms in total. The summed E-state index contributed by atoms with van der Waals surface area (Å²) in [5.74, 6) is -1.11. The van der Waals surface area contributed by atoms with Crippen LogP contribution in [0.4, 0.5) is 0 Å². The van der Waals surface area contributed by atoms with Gasteiger partial charge in [-0.3, -0.25) is 5.73 Å². The highest BCUT2D eigenvalue weighted by Crippen LogP contribution is 2.82. The molecule has 110 valence electrons. The highest BCUT2D eigenvalue weighted by atomic mass is 16.8. The van der Waals surface area contributed by atoms with E-state index in [1.54, 1.807) is 0 Å². The molecule has 0 unspecified atom stereocenters. The molecule has 0 bridgehead atoms. The minimum absolute atomic E-state index is 0.241. The molecule has 1 aromatic rings. The number of hydrogen-bond donors (Lipinski definition) is 2. The molecule has 3 aliphatic rings. The first-order valence-electron chi connectivity index (χ1n) is 7.13. The summed E-state index contributed by atoms with van der Waals surface area (Å²) in [5.41, 5.74) is 3.84. The third-order valence-corrected chi connectivity index (χ3v) is 5.58. The average Bonchev–Trinajstić information content (AvgIpc) is 2.83. The van der Waals surface area contributed by atoms with E-state index in [-0.39, 0.29) is 5.84 Å². The monoisotopic (exact) mass is 295 g/mol. The van der Waals surface area contributed by atoms with Crippen LogP contribution in [-0.4, -0.2) is 25.0 Å². The average molecular weight is 295 g/mol. The van der Waals surface area contributed by atoms with Crippen LogP contribution in [0, 0.1) is 33.5 Å². The molecular weight excluding hydrogens is 280 g/mol. The van der Waals surface area contributed by atoms with Gasteiger partial charge >= 0.3 is 5.91 Å². The summed E-state index contributed by atoms with van der Waals surface area (Å²) in [6.45, 7) is 2.60. The Balaban J connectivity index is 2.03. The van der Waals surface area contributed by atoms with Crippen LogP contribution >= 0.6 is 0 Å². The van der Waals surface area contributed by atoms with E-state index in [4.69, 9.17) is 15.2 Å². The van der Waals surface area contributed by atoms with Gasteiger partial charge in [0, 0.05) is 0 Å². The van der Waals surface area contributed by atoms with E-state index in [2.05, 4.69) is 17.1 Å². The molecule has 1 aromatic carbocycles. The molecule has 3 atom stereocenters. The Morgan fingerprint density at radius 3 is 2.32 bits per heavy atom. The predicted molar refractivity (Wildman–Crippen MR) is 74.7 cm³/mol. The lowest BCUT2D eigenvalue weighted by molar-refractivity contribution is -0.677. The van der Waals surface area contributed by atoms with E-state index >= 15 is 0 Å². The molecule has 0 amide bonds. The zero-order valence-corrected chi connectivity index (χ0v) is 12.1. The molecule has 3 N–H and O–H groups in total. The maximum Gasteiger partial charge on any atom is 0.343 e. The zero-order chi connectivity index (χ0) is 15.6. The fourth-order valence-electron chi connectivity index (χ4n) is 4.56. The molecule has 0 aromatic heterocycles. The number of nitrogens with one attached hydrogen (secondary N) is 1. The van der Waals surface area contributed by atoms with E-state index in [1.165, 1.54) is 0 Å². The molecule has 4 rings (SSSR count). The van der Waals surface area contributed by atoms with Crippen LogP contribution in [-0.2, 0) is 14.9 Å². The number of nitriles is 2. The second kappa shape index (κ2) is 3.67. The lowest BCUT2D eigenvalue weighted by atomic mass is 9.85. The highest BCUT2D eigenvalue weighted by molar-refractivity contribution is 5.97. The standard InChI is InChI=1S/C16H14N4O2/c1-13(11-5-3-2-4-6-11)14(9-17)12(19)20-16(15(13,14)10-18)21-7-8-22-16/h2-6H,7-8H2,1H3,(H2,19,20)/p+1/t13-,14+,15-/m1/s1. The molecule has 1 aliphatic carbocycles. The largest absolute Gasteiger partial charge is 0.343 e. The number of nitrogens with two attached hydrogens (primary N) is 1. The van der Waals surface area contributed by atoms with Crippen molar-refractivity contribution in [2.45, 2.75) is 18.2 Å². The number of fused-ring (bicyclic) bond motifs is 2. The van der Waals surface area contributed by atoms with Crippen LogP contribution in [0.5, 0.6) is 0 Å². The van der Waals surface area contributed by atoms with Gasteiger partial charge in [-0.05, 0) is 5.56 Å². The first-order chi connectivity index (χ1) is 10.6. The van der Waals surface area contributed by atoms with Crippen molar-refractivity contribution in [2.24, 2.45) is 16.6 Å². The number of rotatable bonds is 1. The molecular formula is C16H15N4O2+. The number of benzene rings is 1. The third-order valence-electron chi connectivity index (χ3n) is 5.58. The van der Waals surface area contributed by atoms with E-state index in [0.29, 0.717) is 13.2 Å². The Labute approximate surface area is 127 Å². The normalized spacial score (nSPS) is 40.6. The fourth-order valence-corrected chi connectivity index (χ4v) is 4.56. The molecule has 2 aliphatic heterocycles. The summed E-state index contributed by atoms with van der Waals surface area (Å²) >= 11 is 0. The first kappa shape index (κ1) is 13.3. The lowest BCUT2D eigenvalue weighted by Crippen LogP contribution is -2.90. The second-order valence-electron chi connectivity index (χ2n) is 6.07.